The van der Waals surface area contributed by atoms with Crippen LogP contribution in [0.25, 0.3) is 11.0 Å². The van der Waals surface area contributed by atoms with E-state index in [-0.39, 0.29) is 5.91 Å². The van der Waals surface area contributed by atoms with Crippen LogP contribution in [0.4, 0.5) is 0 Å². The first-order valence-electron chi connectivity index (χ1n) is 5.94. The van der Waals surface area contributed by atoms with E-state index in [0.29, 0.717) is 18.5 Å². The van der Waals surface area contributed by atoms with Gasteiger partial charge in [-0.2, -0.15) is 0 Å². The highest BCUT2D eigenvalue weighted by Gasteiger charge is 2.13. The number of imidazole rings is 1. The van der Waals surface area contributed by atoms with Crippen molar-refractivity contribution in [2.45, 2.75) is 19.4 Å². The van der Waals surface area contributed by atoms with Crippen molar-refractivity contribution in [2.75, 3.05) is 13.6 Å². The average Bonchev–Trinajstić information content (AvgIpc) is 2.81. The first kappa shape index (κ1) is 12.6. The molecule has 2 aromatic rings. The summed E-state index contributed by atoms with van der Waals surface area (Å²) in [6, 6.07) is 5.38. The summed E-state index contributed by atoms with van der Waals surface area (Å²) >= 11 is 0. The van der Waals surface area contributed by atoms with Crippen LogP contribution >= 0.6 is 0 Å². The lowest BCUT2D eigenvalue weighted by Gasteiger charge is -2.18. The van der Waals surface area contributed by atoms with Gasteiger partial charge in [0.15, 0.2) is 0 Å². The first-order chi connectivity index (χ1) is 8.58. The van der Waals surface area contributed by atoms with Crippen LogP contribution in [-0.4, -0.2) is 45.6 Å². The summed E-state index contributed by atoms with van der Waals surface area (Å²) < 4.78 is 0. The van der Waals surface area contributed by atoms with Crippen molar-refractivity contribution in [1.82, 2.24) is 14.9 Å². The number of carbonyl (C=O) groups is 1. The van der Waals surface area contributed by atoms with E-state index in [2.05, 4.69) is 9.97 Å². The highest BCUT2D eigenvalue weighted by molar-refractivity contribution is 5.97. The number of aromatic amines is 1. The van der Waals surface area contributed by atoms with Crippen molar-refractivity contribution in [2.24, 2.45) is 0 Å². The van der Waals surface area contributed by atoms with Gasteiger partial charge in [0.1, 0.15) is 0 Å². The van der Waals surface area contributed by atoms with Crippen molar-refractivity contribution in [3.63, 3.8) is 0 Å². The zero-order valence-electron chi connectivity index (χ0n) is 10.6. The molecule has 5 heteroatoms. The van der Waals surface area contributed by atoms with Crippen molar-refractivity contribution in [3.05, 3.63) is 30.1 Å². The van der Waals surface area contributed by atoms with Gasteiger partial charge >= 0.3 is 0 Å². The fraction of sp³-hybridized carbons (Fsp3) is 0.385. The maximum atomic E-state index is 12.1. The van der Waals surface area contributed by atoms with E-state index in [1.807, 2.05) is 6.07 Å². The molecule has 1 unspecified atom stereocenters. The largest absolute Gasteiger partial charge is 0.393 e. The topological polar surface area (TPSA) is 69.2 Å². The second kappa shape index (κ2) is 5.18. The van der Waals surface area contributed by atoms with E-state index < -0.39 is 6.10 Å². The maximum Gasteiger partial charge on any atom is 0.253 e. The predicted molar refractivity (Wildman–Crippen MR) is 69.4 cm³/mol. The second-order valence-corrected chi connectivity index (χ2v) is 4.50. The molecule has 2 N–H and O–H groups in total. The number of H-pyrrole nitrogens is 1. The summed E-state index contributed by atoms with van der Waals surface area (Å²) in [5, 5.41) is 9.22. The van der Waals surface area contributed by atoms with Crippen LogP contribution in [-0.2, 0) is 0 Å². The summed E-state index contributed by atoms with van der Waals surface area (Å²) in [7, 11) is 1.74. The monoisotopic (exact) mass is 247 g/mol. The molecule has 0 saturated heterocycles. The molecule has 0 fully saturated rings. The minimum Gasteiger partial charge on any atom is -0.393 e. The van der Waals surface area contributed by atoms with Crippen LogP contribution < -0.4 is 0 Å². The Morgan fingerprint density at radius 1 is 1.56 bits per heavy atom. The van der Waals surface area contributed by atoms with E-state index in [9.17, 15) is 9.90 Å². The van der Waals surface area contributed by atoms with Crippen LogP contribution in [0.15, 0.2) is 24.5 Å². The lowest BCUT2D eigenvalue weighted by atomic mass is 10.1. The molecule has 1 aromatic carbocycles. The van der Waals surface area contributed by atoms with Gasteiger partial charge in [0.05, 0.1) is 23.5 Å². The molecule has 0 radical (unpaired) electrons. The van der Waals surface area contributed by atoms with Gasteiger partial charge in [-0.3, -0.25) is 4.79 Å². The summed E-state index contributed by atoms with van der Waals surface area (Å²) in [4.78, 5) is 20.8. The van der Waals surface area contributed by atoms with Crippen molar-refractivity contribution < 1.29 is 9.90 Å². The highest BCUT2D eigenvalue weighted by Crippen LogP contribution is 2.13. The fourth-order valence-corrected chi connectivity index (χ4v) is 1.77. The van der Waals surface area contributed by atoms with Gasteiger partial charge in [-0.1, -0.05) is 0 Å². The molecule has 0 saturated carbocycles. The summed E-state index contributed by atoms with van der Waals surface area (Å²) in [6.07, 6.45) is 1.79. The summed E-state index contributed by atoms with van der Waals surface area (Å²) in [5.74, 6) is -0.0489. The molecule has 1 amide bonds. The van der Waals surface area contributed by atoms with Crippen LogP contribution in [0.1, 0.15) is 23.7 Å². The van der Waals surface area contributed by atoms with Crippen LogP contribution in [0.3, 0.4) is 0 Å². The number of nitrogens with one attached hydrogen (secondary N) is 1. The standard InChI is InChI=1S/C13H17N3O2/c1-9(17)5-6-16(2)13(18)10-3-4-11-12(7-10)15-8-14-11/h3-4,7-9,17H,5-6H2,1-2H3,(H,14,15). The van der Waals surface area contributed by atoms with E-state index in [1.54, 1.807) is 37.3 Å². The molecule has 0 aliphatic heterocycles. The van der Waals surface area contributed by atoms with Gasteiger partial charge in [0, 0.05) is 19.2 Å². The number of hydrogen-bond acceptors (Lipinski definition) is 3. The minimum atomic E-state index is -0.393. The molecule has 0 aliphatic carbocycles. The third-order valence-corrected chi connectivity index (χ3v) is 2.90. The van der Waals surface area contributed by atoms with E-state index in [4.69, 9.17) is 0 Å². The Labute approximate surface area is 105 Å². The number of aliphatic hydroxyl groups excluding tert-OH is 1. The third-order valence-electron chi connectivity index (χ3n) is 2.90. The molecule has 5 nitrogen and oxygen atoms in total. The Morgan fingerprint density at radius 3 is 3.06 bits per heavy atom. The maximum absolute atomic E-state index is 12.1. The van der Waals surface area contributed by atoms with Gasteiger partial charge < -0.3 is 15.0 Å². The lowest BCUT2D eigenvalue weighted by Crippen LogP contribution is -2.29. The lowest BCUT2D eigenvalue weighted by molar-refractivity contribution is 0.0769. The van der Waals surface area contributed by atoms with Gasteiger partial charge in [0.25, 0.3) is 5.91 Å². The predicted octanol–water partition coefficient (Wildman–Crippen LogP) is 1.41. The molecular formula is C13H17N3O2. The number of benzene rings is 1. The van der Waals surface area contributed by atoms with Crippen molar-refractivity contribution in [1.29, 1.82) is 0 Å². The van der Waals surface area contributed by atoms with E-state index >= 15 is 0 Å². The minimum absolute atomic E-state index is 0.0489. The number of fused-ring (bicyclic) bond motifs is 1. The van der Waals surface area contributed by atoms with Crippen molar-refractivity contribution in [3.8, 4) is 0 Å². The number of amides is 1. The number of aromatic nitrogens is 2. The Morgan fingerprint density at radius 2 is 2.33 bits per heavy atom. The molecular weight excluding hydrogens is 230 g/mol. The quantitative estimate of drug-likeness (QED) is 0.858. The zero-order chi connectivity index (χ0) is 13.1. The van der Waals surface area contributed by atoms with Gasteiger partial charge in [0.2, 0.25) is 0 Å². The number of aliphatic hydroxyl groups is 1. The molecule has 96 valence electrons. The third kappa shape index (κ3) is 2.68. The van der Waals surface area contributed by atoms with Crippen molar-refractivity contribution >= 4 is 16.9 Å². The Bertz CT molecular complexity index is 548. The molecule has 18 heavy (non-hydrogen) atoms. The highest BCUT2D eigenvalue weighted by atomic mass is 16.3. The number of carbonyl (C=O) groups excluding carboxylic acids is 1. The number of nitrogens with zero attached hydrogens (tertiary/aromatic N) is 2. The normalized spacial score (nSPS) is 12.6. The molecule has 1 heterocycles. The first-order valence-corrected chi connectivity index (χ1v) is 5.94. The van der Waals surface area contributed by atoms with E-state index in [0.717, 1.165) is 11.0 Å². The molecule has 0 spiro atoms. The zero-order valence-corrected chi connectivity index (χ0v) is 10.6. The fourth-order valence-electron chi connectivity index (χ4n) is 1.77. The number of hydrogen-bond donors (Lipinski definition) is 2. The molecule has 0 aliphatic rings. The van der Waals surface area contributed by atoms with E-state index in [1.165, 1.54) is 0 Å². The molecule has 1 aromatic heterocycles. The molecule has 1 atom stereocenters. The van der Waals surface area contributed by atoms with Crippen LogP contribution in [0, 0.1) is 0 Å². The molecule has 2 rings (SSSR count). The summed E-state index contributed by atoms with van der Waals surface area (Å²) in [5.41, 5.74) is 2.32. The van der Waals surface area contributed by atoms with Gasteiger partial charge in [-0.25, -0.2) is 4.98 Å². The van der Waals surface area contributed by atoms with Gasteiger partial charge in [-0.05, 0) is 31.5 Å². The average molecular weight is 247 g/mol. The second-order valence-electron chi connectivity index (χ2n) is 4.50. The Balaban J connectivity index is 2.12. The van der Waals surface area contributed by atoms with Gasteiger partial charge in [-0.15, -0.1) is 0 Å². The summed E-state index contributed by atoms with van der Waals surface area (Å²) in [6.45, 7) is 2.26. The van der Waals surface area contributed by atoms with Crippen LogP contribution in [0.2, 0.25) is 0 Å². The Hall–Kier alpha value is -1.88. The smallest absolute Gasteiger partial charge is 0.253 e. The van der Waals surface area contributed by atoms with Crippen LogP contribution in [0.5, 0.6) is 0 Å². The SMILES string of the molecule is CC(O)CCN(C)C(=O)c1ccc2nc[nH]c2c1. The Kier molecular flexibility index (Phi) is 3.62. The molecule has 0 bridgehead atoms. The number of rotatable bonds is 4.